The number of aromatic nitrogens is 3. The highest BCUT2D eigenvalue weighted by molar-refractivity contribution is 5.38. The van der Waals surface area contributed by atoms with Crippen molar-refractivity contribution in [3.8, 4) is 11.8 Å². The summed E-state index contributed by atoms with van der Waals surface area (Å²) in [7, 11) is 0. The maximum absolute atomic E-state index is 5.75. The van der Waals surface area contributed by atoms with Crippen LogP contribution < -0.4 is 15.4 Å². The fourth-order valence-electron chi connectivity index (χ4n) is 2.15. The first-order valence-electron chi connectivity index (χ1n) is 7.04. The van der Waals surface area contributed by atoms with E-state index in [1.165, 1.54) is 0 Å². The van der Waals surface area contributed by atoms with Gasteiger partial charge in [-0.25, -0.2) is 0 Å². The fraction of sp³-hybridized carbons (Fsp3) is 0.400. The molecule has 2 rings (SSSR count). The van der Waals surface area contributed by atoms with E-state index < -0.39 is 0 Å². The number of nitrogens with two attached hydrogens (primary N) is 1. The number of hydrogen-bond donors (Lipinski definition) is 1. The Morgan fingerprint density at radius 3 is 2.19 bits per heavy atom. The van der Waals surface area contributed by atoms with Crippen LogP contribution in [0.1, 0.15) is 25.0 Å². The molecule has 2 N–H and O–H groups in total. The van der Waals surface area contributed by atoms with Gasteiger partial charge in [0, 0.05) is 13.1 Å². The van der Waals surface area contributed by atoms with Crippen LogP contribution in [0.25, 0.3) is 0 Å². The van der Waals surface area contributed by atoms with Crippen molar-refractivity contribution in [2.24, 2.45) is 0 Å². The van der Waals surface area contributed by atoms with Crippen LogP contribution in [0, 0.1) is 13.8 Å². The molecule has 0 aliphatic carbocycles. The topological polar surface area (TPSA) is 77.2 Å². The summed E-state index contributed by atoms with van der Waals surface area (Å²) >= 11 is 0. The Balaban J connectivity index is 2.31. The molecular weight excluding hydrogens is 266 g/mol. The molecule has 21 heavy (non-hydrogen) atoms. The molecule has 1 aromatic heterocycles. The van der Waals surface area contributed by atoms with Crippen molar-refractivity contribution in [1.29, 1.82) is 0 Å². The zero-order chi connectivity index (χ0) is 15.4. The summed E-state index contributed by atoms with van der Waals surface area (Å²) in [5.74, 6) is 1.39. The van der Waals surface area contributed by atoms with E-state index in [0.29, 0.717) is 11.7 Å². The summed E-state index contributed by atoms with van der Waals surface area (Å²) in [6.07, 6.45) is 0. The number of benzene rings is 1. The maximum Gasteiger partial charge on any atom is 0.328 e. The van der Waals surface area contributed by atoms with Crippen LogP contribution in [0.2, 0.25) is 0 Å². The van der Waals surface area contributed by atoms with E-state index in [0.717, 1.165) is 24.2 Å². The molecule has 6 heteroatoms. The van der Waals surface area contributed by atoms with Crippen LogP contribution >= 0.6 is 0 Å². The summed E-state index contributed by atoms with van der Waals surface area (Å²) < 4.78 is 5.73. The second kappa shape index (κ2) is 6.39. The fourth-order valence-corrected chi connectivity index (χ4v) is 2.15. The summed E-state index contributed by atoms with van der Waals surface area (Å²) in [5.41, 5.74) is 7.99. The smallest absolute Gasteiger partial charge is 0.328 e. The lowest BCUT2D eigenvalue weighted by atomic mass is 10.1. The van der Waals surface area contributed by atoms with Crippen molar-refractivity contribution in [2.75, 3.05) is 23.7 Å². The summed E-state index contributed by atoms with van der Waals surface area (Å²) in [4.78, 5) is 14.5. The Labute approximate surface area is 125 Å². The molecule has 0 aliphatic rings. The normalized spacial score (nSPS) is 10.5. The van der Waals surface area contributed by atoms with E-state index >= 15 is 0 Å². The number of aryl methyl sites for hydroxylation is 2. The Morgan fingerprint density at radius 2 is 1.62 bits per heavy atom. The van der Waals surface area contributed by atoms with E-state index in [4.69, 9.17) is 10.5 Å². The van der Waals surface area contributed by atoms with Crippen molar-refractivity contribution >= 4 is 11.9 Å². The van der Waals surface area contributed by atoms with Gasteiger partial charge in [0.1, 0.15) is 5.75 Å². The summed E-state index contributed by atoms with van der Waals surface area (Å²) in [6, 6.07) is 6.17. The molecule has 0 unspecified atom stereocenters. The predicted octanol–water partition coefficient (Wildman–Crippen LogP) is 2.71. The minimum absolute atomic E-state index is 0.159. The molecule has 0 atom stereocenters. The van der Waals surface area contributed by atoms with Gasteiger partial charge in [-0.05, 0) is 51.0 Å². The summed E-state index contributed by atoms with van der Waals surface area (Å²) in [6.45, 7) is 9.69. The number of nitrogens with zero attached hydrogens (tertiary/aromatic N) is 4. The largest absolute Gasteiger partial charge is 0.424 e. The van der Waals surface area contributed by atoms with Gasteiger partial charge in [0.15, 0.2) is 0 Å². The maximum atomic E-state index is 5.75. The molecule has 1 heterocycles. The second-order valence-corrected chi connectivity index (χ2v) is 4.87. The van der Waals surface area contributed by atoms with Crippen LogP contribution in [0.15, 0.2) is 18.2 Å². The number of ether oxygens (including phenoxy) is 1. The third-order valence-corrected chi connectivity index (χ3v) is 3.07. The number of rotatable bonds is 5. The van der Waals surface area contributed by atoms with Gasteiger partial charge in [-0.2, -0.15) is 15.0 Å². The van der Waals surface area contributed by atoms with Crippen LogP contribution in [-0.4, -0.2) is 28.0 Å². The number of anilines is 2. The van der Waals surface area contributed by atoms with E-state index in [9.17, 15) is 0 Å². The van der Waals surface area contributed by atoms with Crippen LogP contribution in [0.4, 0.5) is 11.9 Å². The van der Waals surface area contributed by atoms with Crippen molar-refractivity contribution < 1.29 is 4.74 Å². The first-order valence-corrected chi connectivity index (χ1v) is 7.04. The average molecular weight is 287 g/mol. The number of nitrogen functional groups attached to an aromatic ring is 1. The molecule has 2 aromatic rings. The van der Waals surface area contributed by atoms with Crippen molar-refractivity contribution in [3.05, 3.63) is 29.3 Å². The quantitative estimate of drug-likeness (QED) is 0.911. The molecule has 0 saturated heterocycles. The third kappa shape index (κ3) is 3.81. The zero-order valence-electron chi connectivity index (χ0n) is 12.9. The van der Waals surface area contributed by atoms with Gasteiger partial charge >= 0.3 is 6.01 Å². The minimum Gasteiger partial charge on any atom is -0.424 e. The van der Waals surface area contributed by atoms with Gasteiger partial charge in [-0.1, -0.05) is 6.07 Å². The molecular formula is C15H21N5O. The first-order chi connectivity index (χ1) is 10.0. The molecule has 112 valence electrons. The van der Waals surface area contributed by atoms with Crippen molar-refractivity contribution in [3.63, 3.8) is 0 Å². The lowest BCUT2D eigenvalue weighted by molar-refractivity contribution is 0.439. The third-order valence-electron chi connectivity index (χ3n) is 3.07. The lowest BCUT2D eigenvalue weighted by Crippen LogP contribution is -2.25. The monoisotopic (exact) mass is 287 g/mol. The lowest BCUT2D eigenvalue weighted by Gasteiger charge is -2.18. The Kier molecular flexibility index (Phi) is 4.57. The first kappa shape index (κ1) is 15.0. The molecule has 0 spiro atoms. The molecule has 0 amide bonds. The van der Waals surface area contributed by atoms with Gasteiger partial charge in [0.05, 0.1) is 0 Å². The van der Waals surface area contributed by atoms with Crippen LogP contribution in [0.5, 0.6) is 11.8 Å². The predicted molar refractivity (Wildman–Crippen MR) is 83.8 cm³/mol. The van der Waals surface area contributed by atoms with Gasteiger partial charge in [0.2, 0.25) is 11.9 Å². The van der Waals surface area contributed by atoms with Crippen molar-refractivity contribution in [1.82, 2.24) is 15.0 Å². The SMILES string of the molecule is CCN(CC)c1nc(N)nc(Oc2cc(C)cc(C)c2)n1. The van der Waals surface area contributed by atoms with Crippen molar-refractivity contribution in [2.45, 2.75) is 27.7 Å². The molecule has 0 fully saturated rings. The van der Waals surface area contributed by atoms with Crippen LogP contribution in [0.3, 0.4) is 0 Å². The zero-order valence-corrected chi connectivity index (χ0v) is 12.9. The van der Waals surface area contributed by atoms with E-state index in [1.54, 1.807) is 0 Å². The molecule has 0 aliphatic heterocycles. The molecule has 0 saturated carbocycles. The highest BCUT2D eigenvalue weighted by Gasteiger charge is 2.11. The highest BCUT2D eigenvalue weighted by Crippen LogP contribution is 2.22. The standard InChI is InChI=1S/C15H21N5O/c1-5-20(6-2)14-17-13(16)18-15(19-14)21-12-8-10(3)7-11(4)9-12/h7-9H,5-6H2,1-4H3,(H2,16,17,18,19). The average Bonchev–Trinajstić information content (AvgIpc) is 2.38. The van der Waals surface area contributed by atoms with E-state index in [-0.39, 0.29) is 12.0 Å². The van der Waals surface area contributed by atoms with Gasteiger partial charge < -0.3 is 15.4 Å². The van der Waals surface area contributed by atoms with Crippen LogP contribution in [-0.2, 0) is 0 Å². The Bertz CT molecular complexity index is 605. The van der Waals surface area contributed by atoms with Gasteiger partial charge in [0.25, 0.3) is 0 Å². The van der Waals surface area contributed by atoms with E-state index in [1.807, 2.05) is 44.7 Å². The van der Waals surface area contributed by atoms with E-state index in [2.05, 4.69) is 21.0 Å². The minimum atomic E-state index is 0.159. The molecule has 0 radical (unpaired) electrons. The molecule has 0 bridgehead atoms. The summed E-state index contributed by atoms with van der Waals surface area (Å²) in [5, 5.41) is 0. The number of hydrogen-bond acceptors (Lipinski definition) is 6. The molecule has 6 nitrogen and oxygen atoms in total. The second-order valence-electron chi connectivity index (χ2n) is 4.87. The Morgan fingerprint density at radius 1 is 1.00 bits per heavy atom. The Hall–Kier alpha value is -2.37. The highest BCUT2D eigenvalue weighted by atomic mass is 16.5. The van der Waals surface area contributed by atoms with Gasteiger partial charge in [-0.15, -0.1) is 0 Å². The van der Waals surface area contributed by atoms with Gasteiger partial charge in [-0.3, -0.25) is 0 Å². The molecule has 1 aromatic carbocycles.